The van der Waals surface area contributed by atoms with E-state index in [0.29, 0.717) is 13.1 Å². The lowest BCUT2D eigenvalue weighted by Gasteiger charge is -2.20. The molecule has 0 atom stereocenters. The van der Waals surface area contributed by atoms with Crippen LogP contribution in [0.1, 0.15) is 22.3 Å². The average molecular weight is 342 g/mol. The predicted octanol–water partition coefficient (Wildman–Crippen LogP) is 3.66. The van der Waals surface area contributed by atoms with Crippen LogP contribution in [0.4, 0.5) is 4.79 Å². The van der Waals surface area contributed by atoms with E-state index < -0.39 is 0 Å². The van der Waals surface area contributed by atoms with Crippen molar-refractivity contribution < 1.29 is 14.3 Å². The van der Waals surface area contributed by atoms with Crippen molar-refractivity contribution >= 4 is 6.03 Å². The third kappa shape index (κ3) is 4.89. The van der Waals surface area contributed by atoms with Gasteiger partial charge < -0.3 is 19.7 Å². The summed E-state index contributed by atoms with van der Waals surface area (Å²) in [5, 5.41) is 2.96. The highest BCUT2D eigenvalue weighted by Crippen LogP contribution is 2.25. The monoisotopic (exact) mass is 342 g/mol. The van der Waals surface area contributed by atoms with Gasteiger partial charge in [-0.05, 0) is 43.2 Å². The fourth-order valence-corrected chi connectivity index (χ4v) is 2.68. The van der Waals surface area contributed by atoms with E-state index in [0.717, 1.165) is 22.6 Å². The maximum atomic E-state index is 12.4. The van der Waals surface area contributed by atoms with Crippen LogP contribution in [0.15, 0.2) is 36.4 Å². The lowest BCUT2D eigenvalue weighted by atomic mass is 10.1. The smallest absolute Gasteiger partial charge is 0.317 e. The number of benzene rings is 2. The maximum absolute atomic E-state index is 12.4. The number of carbonyl (C=O) groups is 1. The zero-order valence-corrected chi connectivity index (χ0v) is 15.6. The molecular formula is C20H26N2O3. The Balaban J connectivity index is 2.00. The average Bonchev–Trinajstić information content (AvgIpc) is 2.60. The van der Waals surface area contributed by atoms with Crippen LogP contribution in [0.25, 0.3) is 0 Å². The lowest BCUT2D eigenvalue weighted by molar-refractivity contribution is 0.206. The third-order valence-electron chi connectivity index (χ3n) is 4.17. The molecule has 2 rings (SSSR count). The van der Waals surface area contributed by atoms with E-state index in [4.69, 9.17) is 9.47 Å². The summed E-state index contributed by atoms with van der Waals surface area (Å²) in [5.74, 6) is 1.47. The molecule has 0 heterocycles. The van der Waals surface area contributed by atoms with Crippen LogP contribution in [-0.2, 0) is 13.1 Å². The summed E-state index contributed by atoms with van der Waals surface area (Å²) in [4.78, 5) is 14.0. The summed E-state index contributed by atoms with van der Waals surface area (Å²) >= 11 is 0. The minimum Gasteiger partial charge on any atom is -0.497 e. The van der Waals surface area contributed by atoms with Crippen molar-refractivity contribution in [1.29, 1.82) is 0 Å². The van der Waals surface area contributed by atoms with Gasteiger partial charge in [0.1, 0.15) is 11.5 Å². The van der Waals surface area contributed by atoms with Gasteiger partial charge in [0.25, 0.3) is 0 Å². The highest BCUT2D eigenvalue weighted by atomic mass is 16.5. The van der Waals surface area contributed by atoms with Crippen molar-refractivity contribution in [2.24, 2.45) is 0 Å². The molecule has 0 spiro atoms. The highest BCUT2D eigenvalue weighted by molar-refractivity contribution is 5.74. The normalized spacial score (nSPS) is 10.3. The van der Waals surface area contributed by atoms with Crippen molar-refractivity contribution in [1.82, 2.24) is 10.2 Å². The van der Waals surface area contributed by atoms with E-state index in [2.05, 4.69) is 37.4 Å². The van der Waals surface area contributed by atoms with Crippen LogP contribution in [-0.4, -0.2) is 32.2 Å². The van der Waals surface area contributed by atoms with Gasteiger partial charge in [0.05, 0.1) is 20.8 Å². The standard InChI is InChI=1S/C20H26N2O3/c1-14-6-7-16(15(2)10-14)12-21-20(23)22(3)13-17-11-18(24-4)8-9-19(17)25-5/h6-11H,12-13H2,1-5H3,(H,21,23). The van der Waals surface area contributed by atoms with Gasteiger partial charge in [-0.15, -0.1) is 0 Å². The summed E-state index contributed by atoms with van der Waals surface area (Å²) in [6.07, 6.45) is 0. The number of nitrogens with one attached hydrogen (secondary N) is 1. The van der Waals surface area contributed by atoms with Crippen LogP contribution >= 0.6 is 0 Å². The van der Waals surface area contributed by atoms with Gasteiger partial charge in [-0.25, -0.2) is 4.79 Å². The van der Waals surface area contributed by atoms with E-state index in [1.807, 2.05) is 18.2 Å². The lowest BCUT2D eigenvalue weighted by Crippen LogP contribution is -2.36. The van der Waals surface area contributed by atoms with Gasteiger partial charge in [0, 0.05) is 19.2 Å². The first kappa shape index (κ1) is 18.6. The van der Waals surface area contributed by atoms with Gasteiger partial charge in [-0.2, -0.15) is 0 Å². The molecule has 5 nitrogen and oxygen atoms in total. The van der Waals surface area contributed by atoms with E-state index in [9.17, 15) is 4.79 Å². The molecule has 25 heavy (non-hydrogen) atoms. The minimum absolute atomic E-state index is 0.134. The molecule has 1 N–H and O–H groups in total. The molecular weight excluding hydrogens is 316 g/mol. The predicted molar refractivity (Wildman–Crippen MR) is 99.2 cm³/mol. The number of aryl methyl sites for hydroxylation is 2. The molecule has 0 aliphatic rings. The third-order valence-corrected chi connectivity index (χ3v) is 4.17. The molecule has 0 saturated carbocycles. The highest BCUT2D eigenvalue weighted by Gasteiger charge is 2.13. The van der Waals surface area contributed by atoms with Crippen molar-refractivity contribution in [3.8, 4) is 11.5 Å². The summed E-state index contributed by atoms with van der Waals surface area (Å²) < 4.78 is 10.6. The molecule has 2 aromatic rings. The number of rotatable bonds is 6. The Morgan fingerprint density at radius 2 is 1.80 bits per heavy atom. The van der Waals surface area contributed by atoms with Crippen molar-refractivity contribution in [2.75, 3.05) is 21.3 Å². The van der Waals surface area contributed by atoms with Crippen LogP contribution in [0.2, 0.25) is 0 Å². The van der Waals surface area contributed by atoms with E-state index in [1.165, 1.54) is 11.1 Å². The number of ether oxygens (including phenoxy) is 2. The Morgan fingerprint density at radius 3 is 2.44 bits per heavy atom. The summed E-state index contributed by atoms with van der Waals surface area (Å²) in [7, 11) is 4.99. The SMILES string of the molecule is COc1ccc(OC)c(CN(C)C(=O)NCc2ccc(C)cc2C)c1. The Bertz CT molecular complexity index is 744. The fourth-order valence-electron chi connectivity index (χ4n) is 2.68. The first-order valence-electron chi connectivity index (χ1n) is 8.20. The molecule has 0 aromatic heterocycles. The number of carbonyl (C=O) groups excluding carboxylic acids is 1. The molecule has 2 amide bonds. The van der Waals surface area contributed by atoms with E-state index in [1.54, 1.807) is 26.2 Å². The second kappa shape index (κ2) is 8.42. The van der Waals surface area contributed by atoms with E-state index in [-0.39, 0.29) is 6.03 Å². The fraction of sp³-hybridized carbons (Fsp3) is 0.350. The van der Waals surface area contributed by atoms with Crippen LogP contribution in [0.3, 0.4) is 0 Å². The van der Waals surface area contributed by atoms with Crippen molar-refractivity contribution in [2.45, 2.75) is 26.9 Å². The molecule has 134 valence electrons. The number of hydrogen-bond acceptors (Lipinski definition) is 3. The first-order chi connectivity index (χ1) is 11.9. The molecule has 0 aliphatic heterocycles. The van der Waals surface area contributed by atoms with Gasteiger partial charge in [-0.3, -0.25) is 0 Å². The van der Waals surface area contributed by atoms with E-state index >= 15 is 0 Å². The first-order valence-corrected chi connectivity index (χ1v) is 8.20. The Morgan fingerprint density at radius 1 is 1.04 bits per heavy atom. The van der Waals surface area contributed by atoms with Crippen LogP contribution in [0.5, 0.6) is 11.5 Å². The molecule has 0 aliphatic carbocycles. The topological polar surface area (TPSA) is 50.8 Å². The van der Waals surface area contributed by atoms with Gasteiger partial charge in [0.15, 0.2) is 0 Å². The molecule has 0 radical (unpaired) electrons. The molecule has 2 aromatic carbocycles. The number of nitrogens with zero attached hydrogens (tertiary/aromatic N) is 1. The maximum Gasteiger partial charge on any atom is 0.317 e. The largest absolute Gasteiger partial charge is 0.497 e. The number of amides is 2. The Hall–Kier alpha value is -2.69. The zero-order chi connectivity index (χ0) is 18.4. The van der Waals surface area contributed by atoms with Crippen LogP contribution in [0, 0.1) is 13.8 Å². The molecule has 5 heteroatoms. The summed E-state index contributed by atoms with van der Waals surface area (Å²) in [6.45, 7) is 5.05. The Kier molecular flexibility index (Phi) is 6.28. The second-order valence-corrected chi connectivity index (χ2v) is 6.12. The molecule has 0 saturated heterocycles. The van der Waals surface area contributed by atoms with Crippen LogP contribution < -0.4 is 14.8 Å². The summed E-state index contributed by atoms with van der Waals surface area (Å²) in [6, 6.07) is 11.6. The van der Waals surface area contributed by atoms with Gasteiger partial charge >= 0.3 is 6.03 Å². The zero-order valence-electron chi connectivity index (χ0n) is 15.6. The van der Waals surface area contributed by atoms with Crippen molar-refractivity contribution in [3.05, 3.63) is 58.7 Å². The number of methoxy groups -OCH3 is 2. The van der Waals surface area contributed by atoms with Gasteiger partial charge in [0.2, 0.25) is 0 Å². The quantitative estimate of drug-likeness (QED) is 0.871. The second-order valence-electron chi connectivity index (χ2n) is 6.12. The van der Waals surface area contributed by atoms with Crippen molar-refractivity contribution in [3.63, 3.8) is 0 Å². The summed E-state index contributed by atoms with van der Waals surface area (Å²) in [5.41, 5.74) is 4.41. The molecule has 0 fully saturated rings. The number of urea groups is 1. The molecule has 0 unspecified atom stereocenters. The minimum atomic E-state index is -0.134. The van der Waals surface area contributed by atoms with Gasteiger partial charge in [-0.1, -0.05) is 23.8 Å². The molecule has 0 bridgehead atoms. The Labute approximate surface area is 149 Å². The number of hydrogen-bond donors (Lipinski definition) is 1.